The van der Waals surface area contributed by atoms with Crippen molar-refractivity contribution in [1.29, 1.82) is 0 Å². The van der Waals surface area contributed by atoms with Gasteiger partial charge in [0.05, 0.1) is 0 Å². The molecule has 1 aromatic carbocycles. The Balaban J connectivity index is 2.39. The van der Waals surface area contributed by atoms with Crippen LogP contribution in [0.15, 0.2) is 30.3 Å². The Morgan fingerprint density at radius 1 is 1.05 bits per heavy atom. The van der Waals surface area contributed by atoms with Crippen molar-refractivity contribution in [2.75, 3.05) is 19.6 Å². The molecule has 110 valence electrons. The molecule has 0 aliphatic heterocycles. The van der Waals surface area contributed by atoms with Crippen LogP contribution in [0.2, 0.25) is 0 Å². The summed E-state index contributed by atoms with van der Waals surface area (Å²) in [6, 6.07) is 9.90. The molecule has 1 rings (SSSR count). The smallest absolute Gasteiger partial charge is 0.311 e. The first-order valence-corrected chi connectivity index (χ1v) is 7.30. The maximum Gasteiger partial charge on any atom is 0.311 e. The fourth-order valence-electron chi connectivity index (χ4n) is 2.04. The Bertz CT molecular complexity index is 412. The topological polar surface area (TPSA) is 49.4 Å². The van der Waals surface area contributed by atoms with Crippen LogP contribution in [0.4, 0.5) is 0 Å². The molecule has 0 unspecified atom stereocenters. The first kappa shape index (κ1) is 16.2. The molecule has 0 atom stereocenters. The Kier molecular flexibility index (Phi) is 7.40. The van der Waals surface area contributed by atoms with Crippen LogP contribution in [0, 0.1) is 0 Å². The zero-order chi connectivity index (χ0) is 14.8. The predicted molar refractivity (Wildman–Crippen MR) is 80.3 cm³/mol. The second-order valence-corrected chi connectivity index (χ2v) is 4.78. The average molecular weight is 276 g/mol. The SMILES string of the molecule is CCCN(CCC)C(=O)C(=O)NCCc1ccccc1. The van der Waals surface area contributed by atoms with Crippen molar-refractivity contribution in [1.82, 2.24) is 10.2 Å². The summed E-state index contributed by atoms with van der Waals surface area (Å²) in [6.07, 6.45) is 2.47. The van der Waals surface area contributed by atoms with Crippen LogP contribution in [0.5, 0.6) is 0 Å². The molecule has 0 aliphatic carbocycles. The van der Waals surface area contributed by atoms with E-state index in [1.807, 2.05) is 44.2 Å². The first-order chi connectivity index (χ1) is 9.69. The Morgan fingerprint density at radius 3 is 2.20 bits per heavy atom. The van der Waals surface area contributed by atoms with Gasteiger partial charge in [-0.3, -0.25) is 9.59 Å². The monoisotopic (exact) mass is 276 g/mol. The molecule has 4 heteroatoms. The lowest BCUT2D eigenvalue weighted by Gasteiger charge is -2.20. The van der Waals surface area contributed by atoms with E-state index in [1.165, 1.54) is 0 Å². The molecular weight excluding hydrogens is 252 g/mol. The Hall–Kier alpha value is -1.84. The van der Waals surface area contributed by atoms with Crippen molar-refractivity contribution in [2.45, 2.75) is 33.1 Å². The molecule has 20 heavy (non-hydrogen) atoms. The van der Waals surface area contributed by atoms with Gasteiger partial charge in [0.15, 0.2) is 0 Å². The van der Waals surface area contributed by atoms with Crippen molar-refractivity contribution in [3.05, 3.63) is 35.9 Å². The van der Waals surface area contributed by atoms with E-state index in [4.69, 9.17) is 0 Å². The van der Waals surface area contributed by atoms with Crippen LogP contribution >= 0.6 is 0 Å². The Morgan fingerprint density at radius 2 is 1.65 bits per heavy atom. The van der Waals surface area contributed by atoms with Crippen LogP contribution < -0.4 is 5.32 Å². The zero-order valence-corrected chi connectivity index (χ0v) is 12.4. The third kappa shape index (κ3) is 5.43. The van der Waals surface area contributed by atoms with Gasteiger partial charge in [0.2, 0.25) is 0 Å². The van der Waals surface area contributed by atoms with Crippen molar-refractivity contribution in [2.24, 2.45) is 0 Å². The van der Waals surface area contributed by atoms with E-state index in [1.54, 1.807) is 4.90 Å². The second-order valence-electron chi connectivity index (χ2n) is 4.78. The highest BCUT2D eigenvalue weighted by molar-refractivity contribution is 6.35. The number of carbonyl (C=O) groups excluding carboxylic acids is 2. The van der Waals surface area contributed by atoms with E-state index in [2.05, 4.69) is 5.32 Å². The molecule has 0 radical (unpaired) electrons. The molecule has 2 amide bonds. The number of carbonyl (C=O) groups is 2. The molecule has 0 fully saturated rings. The summed E-state index contributed by atoms with van der Waals surface area (Å²) in [4.78, 5) is 25.4. The van der Waals surface area contributed by atoms with E-state index in [0.717, 1.165) is 24.8 Å². The van der Waals surface area contributed by atoms with Gasteiger partial charge in [-0.2, -0.15) is 0 Å². The number of rotatable bonds is 7. The molecule has 0 aliphatic rings. The molecule has 1 N–H and O–H groups in total. The minimum absolute atomic E-state index is 0.415. The standard InChI is InChI=1S/C16H24N2O2/c1-3-12-18(13-4-2)16(20)15(19)17-11-10-14-8-6-5-7-9-14/h5-9H,3-4,10-13H2,1-2H3,(H,17,19). The highest BCUT2D eigenvalue weighted by atomic mass is 16.2. The Labute approximate surface area is 121 Å². The molecule has 0 aromatic heterocycles. The van der Waals surface area contributed by atoms with Gasteiger partial charge in [-0.15, -0.1) is 0 Å². The average Bonchev–Trinajstić information content (AvgIpc) is 2.47. The predicted octanol–water partition coefficient (Wildman–Crippen LogP) is 1.99. The maximum absolute atomic E-state index is 12.0. The van der Waals surface area contributed by atoms with Gasteiger partial charge in [-0.25, -0.2) is 0 Å². The number of benzene rings is 1. The molecule has 0 heterocycles. The lowest BCUT2D eigenvalue weighted by atomic mass is 10.1. The van der Waals surface area contributed by atoms with E-state index in [0.29, 0.717) is 19.6 Å². The highest BCUT2D eigenvalue weighted by Crippen LogP contribution is 1.99. The molecule has 4 nitrogen and oxygen atoms in total. The summed E-state index contributed by atoms with van der Waals surface area (Å²) < 4.78 is 0. The van der Waals surface area contributed by atoms with Crippen molar-refractivity contribution < 1.29 is 9.59 Å². The van der Waals surface area contributed by atoms with Crippen LogP contribution in [-0.4, -0.2) is 36.3 Å². The maximum atomic E-state index is 12.0. The first-order valence-electron chi connectivity index (χ1n) is 7.30. The third-order valence-electron chi connectivity index (χ3n) is 3.01. The van der Waals surface area contributed by atoms with Gasteiger partial charge in [-0.1, -0.05) is 44.2 Å². The summed E-state index contributed by atoms with van der Waals surface area (Å²) in [5.74, 6) is -0.912. The quantitative estimate of drug-likeness (QED) is 0.774. The summed E-state index contributed by atoms with van der Waals surface area (Å²) in [5.41, 5.74) is 1.15. The minimum atomic E-state index is -0.497. The second kappa shape index (κ2) is 9.13. The molecule has 0 saturated carbocycles. The summed E-state index contributed by atoms with van der Waals surface area (Å²) >= 11 is 0. The largest absolute Gasteiger partial charge is 0.347 e. The van der Waals surface area contributed by atoms with E-state index in [-0.39, 0.29) is 0 Å². The lowest BCUT2D eigenvalue weighted by Crippen LogP contribution is -2.44. The fourth-order valence-corrected chi connectivity index (χ4v) is 2.04. The number of nitrogens with zero attached hydrogens (tertiary/aromatic N) is 1. The van der Waals surface area contributed by atoms with Crippen LogP contribution in [-0.2, 0) is 16.0 Å². The van der Waals surface area contributed by atoms with E-state index >= 15 is 0 Å². The van der Waals surface area contributed by atoms with Crippen LogP contribution in [0.25, 0.3) is 0 Å². The van der Waals surface area contributed by atoms with Crippen molar-refractivity contribution in [3.63, 3.8) is 0 Å². The van der Waals surface area contributed by atoms with Crippen LogP contribution in [0.1, 0.15) is 32.3 Å². The van der Waals surface area contributed by atoms with Gasteiger partial charge in [-0.05, 0) is 24.8 Å². The lowest BCUT2D eigenvalue weighted by molar-refractivity contribution is -0.145. The zero-order valence-electron chi connectivity index (χ0n) is 12.4. The van der Waals surface area contributed by atoms with Gasteiger partial charge in [0, 0.05) is 19.6 Å². The van der Waals surface area contributed by atoms with Gasteiger partial charge < -0.3 is 10.2 Å². The summed E-state index contributed by atoms with van der Waals surface area (Å²) in [5, 5.41) is 2.70. The summed E-state index contributed by atoms with van der Waals surface area (Å²) in [6.45, 7) is 5.77. The molecule has 1 aromatic rings. The molecule has 0 spiro atoms. The van der Waals surface area contributed by atoms with E-state index in [9.17, 15) is 9.59 Å². The van der Waals surface area contributed by atoms with Crippen LogP contribution in [0.3, 0.4) is 0 Å². The normalized spacial score (nSPS) is 10.1. The number of amides is 2. The van der Waals surface area contributed by atoms with Gasteiger partial charge in [0.25, 0.3) is 0 Å². The van der Waals surface area contributed by atoms with Gasteiger partial charge in [0.1, 0.15) is 0 Å². The minimum Gasteiger partial charge on any atom is -0.347 e. The fraction of sp³-hybridized carbons (Fsp3) is 0.500. The number of hydrogen-bond donors (Lipinski definition) is 1. The highest BCUT2D eigenvalue weighted by Gasteiger charge is 2.19. The van der Waals surface area contributed by atoms with E-state index < -0.39 is 11.8 Å². The molecular formula is C16H24N2O2. The van der Waals surface area contributed by atoms with Gasteiger partial charge >= 0.3 is 11.8 Å². The third-order valence-corrected chi connectivity index (χ3v) is 3.01. The van der Waals surface area contributed by atoms with Crippen molar-refractivity contribution >= 4 is 11.8 Å². The number of nitrogens with one attached hydrogen (secondary N) is 1. The molecule has 0 bridgehead atoms. The molecule has 0 saturated heterocycles. The summed E-state index contributed by atoms with van der Waals surface area (Å²) in [7, 11) is 0. The number of hydrogen-bond acceptors (Lipinski definition) is 2. The van der Waals surface area contributed by atoms with Crippen molar-refractivity contribution in [3.8, 4) is 0 Å².